The maximum absolute atomic E-state index is 13.4. The molecule has 1 aromatic heterocycles. The number of halogens is 1. The van der Waals surface area contributed by atoms with Crippen LogP contribution in [0.2, 0.25) is 0 Å². The van der Waals surface area contributed by atoms with E-state index in [-0.39, 0.29) is 18.1 Å². The number of rotatable bonds is 10. The van der Waals surface area contributed by atoms with Gasteiger partial charge in [0.2, 0.25) is 0 Å². The van der Waals surface area contributed by atoms with Crippen molar-refractivity contribution in [2.45, 2.75) is 39.7 Å². The molecule has 0 aliphatic carbocycles. The predicted molar refractivity (Wildman–Crippen MR) is 158 cm³/mol. The van der Waals surface area contributed by atoms with Gasteiger partial charge in [-0.1, -0.05) is 54.1 Å². The number of aromatic nitrogens is 2. The Morgan fingerprint density at radius 1 is 1.15 bits per heavy atom. The molecule has 4 aromatic rings. The molecule has 0 N–H and O–H groups in total. The minimum Gasteiger partial charge on any atom is -0.490 e. The molecular formula is C31H29BrN4O3. The maximum atomic E-state index is 13.4. The predicted octanol–water partition coefficient (Wildman–Crippen LogP) is 6.74. The zero-order valence-electron chi connectivity index (χ0n) is 22.1. The van der Waals surface area contributed by atoms with Crippen LogP contribution in [0.5, 0.6) is 11.5 Å². The van der Waals surface area contributed by atoms with Crippen molar-refractivity contribution in [1.29, 1.82) is 5.26 Å². The van der Waals surface area contributed by atoms with E-state index in [1.807, 2.05) is 63.2 Å². The van der Waals surface area contributed by atoms with E-state index in [2.05, 4.69) is 33.7 Å². The van der Waals surface area contributed by atoms with Crippen molar-refractivity contribution >= 4 is 33.0 Å². The molecule has 39 heavy (non-hydrogen) atoms. The van der Waals surface area contributed by atoms with Crippen LogP contribution >= 0.6 is 15.9 Å². The minimum atomic E-state index is -0.242. The van der Waals surface area contributed by atoms with Gasteiger partial charge in [-0.2, -0.15) is 15.0 Å². The second kappa shape index (κ2) is 12.5. The van der Waals surface area contributed by atoms with Crippen LogP contribution in [0.3, 0.4) is 0 Å². The number of benzene rings is 3. The quantitative estimate of drug-likeness (QED) is 0.152. The zero-order valence-corrected chi connectivity index (χ0v) is 23.7. The highest BCUT2D eigenvalue weighted by atomic mass is 79.9. The number of nitriles is 1. The summed E-state index contributed by atoms with van der Waals surface area (Å²) in [4.78, 5) is 18.1. The molecule has 0 saturated heterocycles. The van der Waals surface area contributed by atoms with Crippen molar-refractivity contribution in [3.8, 4) is 17.6 Å². The highest BCUT2D eigenvalue weighted by Gasteiger charge is 2.16. The van der Waals surface area contributed by atoms with Gasteiger partial charge in [-0.05, 0) is 55.3 Å². The molecule has 0 amide bonds. The summed E-state index contributed by atoms with van der Waals surface area (Å²) < 4.78 is 14.3. The molecule has 0 radical (unpaired) electrons. The lowest BCUT2D eigenvalue weighted by atomic mass is 10.1. The standard InChI is InChI=1S/C31H29BrN4O3/c1-5-9-22-14-21(15-28(38-6-2)29(22)39-19-24-11-8-7-10-23(24)17-33)18-34-36-30(20(3)4)35-27-13-12-25(32)16-26(27)31(36)37/h5,7-8,10-16,18,20H,1,6,9,19H2,2-4H3. The molecule has 0 bridgehead atoms. The first-order chi connectivity index (χ1) is 18.9. The van der Waals surface area contributed by atoms with E-state index in [1.54, 1.807) is 24.4 Å². The van der Waals surface area contributed by atoms with Gasteiger partial charge in [0.25, 0.3) is 5.56 Å². The van der Waals surface area contributed by atoms with Gasteiger partial charge in [0.15, 0.2) is 11.5 Å². The molecule has 0 aliphatic heterocycles. The van der Waals surface area contributed by atoms with E-state index in [9.17, 15) is 10.1 Å². The van der Waals surface area contributed by atoms with Gasteiger partial charge in [-0.3, -0.25) is 4.79 Å². The normalized spacial score (nSPS) is 11.2. The first-order valence-corrected chi connectivity index (χ1v) is 13.4. The van der Waals surface area contributed by atoms with Crippen LogP contribution in [-0.2, 0) is 13.0 Å². The van der Waals surface area contributed by atoms with Crippen molar-refractivity contribution in [3.63, 3.8) is 0 Å². The summed E-state index contributed by atoms with van der Waals surface area (Å²) in [6.07, 6.45) is 3.94. The fourth-order valence-corrected chi connectivity index (χ4v) is 4.53. The summed E-state index contributed by atoms with van der Waals surface area (Å²) in [7, 11) is 0. The molecule has 0 saturated carbocycles. The SMILES string of the molecule is C=CCc1cc(C=Nn2c(C(C)C)nc3ccc(Br)cc3c2=O)cc(OCC)c1OCc1ccccc1C#N. The summed E-state index contributed by atoms with van der Waals surface area (Å²) in [6.45, 7) is 10.4. The molecule has 0 atom stereocenters. The molecule has 8 heteroatoms. The smallest absolute Gasteiger partial charge is 0.282 e. The number of allylic oxidation sites excluding steroid dienone is 1. The van der Waals surface area contributed by atoms with Crippen LogP contribution in [0.15, 0.2) is 81.6 Å². The van der Waals surface area contributed by atoms with E-state index in [0.717, 1.165) is 21.2 Å². The van der Waals surface area contributed by atoms with Crippen molar-refractivity contribution in [1.82, 2.24) is 9.66 Å². The highest BCUT2D eigenvalue weighted by Crippen LogP contribution is 2.34. The Balaban J connectivity index is 1.77. The fraction of sp³-hybridized carbons (Fsp3) is 0.226. The Bertz CT molecular complexity index is 1650. The molecule has 0 unspecified atom stereocenters. The minimum absolute atomic E-state index is 0.0229. The Hall–Kier alpha value is -4.22. The van der Waals surface area contributed by atoms with Crippen LogP contribution in [0.1, 0.15) is 54.8 Å². The lowest BCUT2D eigenvalue weighted by Crippen LogP contribution is -2.23. The van der Waals surface area contributed by atoms with Gasteiger partial charge in [-0.15, -0.1) is 6.58 Å². The molecule has 4 rings (SSSR count). The topological polar surface area (TPSA) is 89.5 Å². The van der Waals surface area contributed by atoms with Crippen molar-refractivity contribution in [2.75, 3.05) is 6.61 Å². The Labute approximate surface area is 236 Å². The molecule has 7 nitrogen and oxygen atoms in total. The maximum Gasteiger partial charge on any atom is 0.282 e. The molecule has 198 valence electrons. The number of fused-ring (bicyclic) bond motifs is 1. The molecule has 0 spiro atoms. The molecule has 1 heterocycles. The Kier molecular flexibility index (Phi) is 8.95. The van der Waals surface area contributed by atoms with Crippen LogP contribution in [0.4, 0.5) is 0 Å². The second-order valence-corrected chi connectivity index (χ2v) is 10.1. The van der Waals surface area contributed by atoms with E-state index in [0.29, 0.717) is 46.8 Å². The van der Waals surface area contributed by atoms with Crippen LogP contribution < -0.4 is 15.0 Å². The highest BCUT2D eigenvalue weighted by molar-refractivity contribution is 9.10. The van der Waals surface area contributed by atoms with Gasteiger partial charge in [-0.25, -0.2) is 4.98 Å². The Morgan fingerprint density at radius 2 is 1.95 bits per heavy atom. The molecular weight excluding hydrogens is 556 g/mol. The summed E-state index contributed by atoms with van der Waals surface area (Å²) in [5.74, 6) is 1.67. The lowest BCUT2D eigenvalue weighted by Gasteiger charge is -2.17. The van der Waals surface area contributed by atoms with E-state index < -0.39 is 0 Å². The van der Waals surface area contributed by atoms with E-state index in [4.69, 9.17) is 14.5 Å². The summed E-state index contributed by atoms with van der Waals surface area (Å²) in [6, 6.07) is 18.7. The lowest BCUT2D eigenvalue weighted by molar-refractivity contribution is 0.267. The summed E-state index contributed by atoms with van der Waals surface area (Å²) >= 11 is 3.44. The third kappa shape index (κ3) is 6.27. The van der Waals surface area contributed by atoms with Crippen molar-refractivity contribution in [3.05, 3.63) is 110 Å². The first kappa shape index (κ1) is 27.8. The molecule has 3 aromatic carbocycles. The fourth-order valence-electron chi connectivity index (χ4n) is 4.17. The Morgan fingerprint density at radius 3 is 2.67 bits per heavy atom. The molecule has 0 fully saturated rings. The van der Waals surface area contributed by atoms with Crippen molar-refractivity contribution < 1.29 is 9.47 Å². The number of nitrogens with zero attached hydrogens (tertiary/aromatic N) is 4. The van der Waals surface area contributed by atoms with Gasteiger partial charge < -0.3 is 9.47 Å². The number of hydrogen-bond donors (Lipinski definition) is 0. The summed E-state index contributed by atoms with van der Waals surface area (Å²) in [5.41, 5.74) is 3.32. The van der Waals surface area contributed by atoms with E-state index >= 15 is 0 Å². The van der Waals surface area contributed by atoms with Gasteiger partial charge >= 0.3 is 0 Å². The third-order valence-electron chi connectivity index (χ3n) is 6.00. The number of ether oxygens (including phenoxy) is 2. The van der Waals surface area contributed by atoms with Gasteiger partial charge in [0.1, 0.15) is 12.4 Å². The van der Waals surface area contributed by atoms with Crippen LogP contribution in [-0.4, -0.2) is 22.5 Å². The number of hydrogen-bond acceptors (Lipinski definition) is 6. The summed E-state index contributed by atoms with van der Waals surface area (Å²) in [5, 5.41) is 14.5. The molecule has 0 aliphatic rings. The monoisotopic (exact) mass is 584 g/mol. The van der Waals surface area contributed by atoms with Crippen LogP contribution in [0, 0.1) is 11.3 Å². The second-order valence-electron chi connectivity index (χ2n) is 9.14. The average Bonchev–Trinajstić information content (AvgIpc) is 2.92. The third-order valence-corrected chi connectivity index (χ3v) is 6.49. The largest absolute Gasteiger partial charge is 0.490 e. The van der Waals surface area contributed by atoms with Crippen LogP contribution in [0.25, 0.3) is 10.9 Å². The van der Waals surface area contributed by atoms with Crippen molar-refractivity contribution in [2.24, 2.45) is 5.10 Å². The van der Waals surface area contributed by atoms with Gasteiger partial charge in [0.05, 0.1) is 35.4 Å². The van der Waals surface area contributed by atoms with Gasteiger partial charge in [0, 0.05) is 21.5 Å². The first-order valence-electron chi connectivity index (χ1n) is 12.6. The average molecular weight is 586 g/mol. The van der Waals surface area contributed by atoms with E-state index in [1.165, 1.54) is 4.68 Å². The zero-order chi connectivity index (χ0) is 27.9.